The standard InChI is InChI=1S/C21H24N4O7S/c1-3-11-22-33(30,31)16-6-4-5-15(12-16)18(27)32-13-17(26)24-25-19(28)21(23-20(25)29)9-7-14(2)8-10-21/h1,4-6,12,14,22H,7-11,13H2,2H3,(H,23,29)(H,24,26). The van der Waals surface area contributed by atoms with Gasteiger partial charge in [-0.05, 0) is 49.8 Å². The van der Waals surface area contributed by atoms with Crippen molar-refractivity contribution >= 4 is 33.8 Å². The summed E-state index contributed by atoms with van der Waals surface area (Å²) in [6.45, 7) is 1.06. The molecule has 0 unspecified atom stereocenters. The lowest BCUT2D eigenvalue weighted by Gasteiger charge is -2.33. The Morgan fingerprint density at radius 1 is 1.30 bits per heavy atom. The fourth-order valence-electron chi connectivity index (χ4n) is 3.70. The number of hydrogen-bond donors (Lipinski definition) is 3. The van der Waals surface area contributed by atoms with Crippen LogP contribution < -0.4 is 15.5 Å². The smallest absolute Gasteiger partial charge is 0.344 e. The number of carbonyl (C=O) groups is 4. The van der Waals surface area contributed by atoms with Gasteiger partial charge in [-0.15, -0.1) is 6.42 Å². The number of terminal acetylenes is 1. The molecule has 1 spiro atoms. The zero-order chi connectivity index (χ0) is 24.2. The number of carbonyl (C=O) groups excluding carboxylic acids is 4. The molecule has 0 aromatic heterocycles. The van der Waals surface area contributed by atoms with E-state index in [9.17, 15) is 27.6 Å². The van der Waals surface area contributed by atoms with Crippen LogP contribution in [0.15, 0.2) is 29.2 Å². The molecule has 11 nitrogen and oxygen atoms in total. The van der Waals surface area contributed by atoms with E-state index in [-0.39, 0.29) is 17.0 Å². The van der Waals surface area contributed by atoms with E-state index in [4.69, 9.17) is 11.2 Å². The first kappa shape index (κ1) is 24.2. The SMILES string of the molecule is C#CCNS(=O)(=O)c1cccc(C(=O)OCC(=O)NN2C(=O)NC3(CCC(C)CC3)C2=O)c1. The molecule has 176 valence electrons. The summed E-state index contributed by atoms with van der Waals surface area (Å²) >= 11 is 0. The highest BCUT2D eigenvalue weighted by atomic mass is 32.2. The molecule has 33 heavy (non-hydrogen) atoms. The highest BCUT2D eigenvalue weighted by Crippen LogP contribution is 2.35. The van der Waals surface area contributed by atoms with E-state index in [1.807, 2.05) is 0 Å². The van der Waals surface area contributed by atoms with Crippen LogP contribution in [-0.4, -0.2) is 55.9 Å². The van der Waals surface area contributed by atoms with Gasteiger partial charge in [0.1, 0.15) is 5.54 Å². The molecule has 1 aromatic carbocycles. The van der Waals surface area contributed by atoms with Crippen molar-refractivity contribution in [2.24, 2.45) is 5.92 Å². The summed E-state index contributed by atoms with van der Waals surface area (Å²) in [6.07, 6.45) is 7.56. The van der Waals surface area contributed by atoms with Gasteiger partial charge in [-0.3, -0.25) is 15.0 Å². The molecular formula is C21H24N4O7S. The van der Waals surface area contributed by atoms with Gasteiger partial charge in [0.05, 0.1) is 17.0 Å². The Hall–Kier alpha value is -3.43. The lowest BCUT2D eigenvalue weighted by Crippen LogP contribution is -2.52. The first-order chi connectivity index (χ1) is 15.6. The third kappa shape index (κ3) is 5.32. The number of urea groups is 1. The fourth-order valence-corrected chi connectivity index (χ4v) is 4.68. The number of hydrazine groups is 1. The lowest BCUT2D eigenvalue weighted by atomic mass is 9.77. The highest BCUT2D eigenvalue weighted by molar-refractivity contribution is 7.89. The van der Waals surface area contributed by atoms with E-state index in [0.29, 0.717) is 23.8 Å². The van der Waals surface area contributed by atoms with Crippen molar-refractivity contribution in [3.8, 4) is 12.3 Å². The van der Waals surface area contributed by atoms with Crippen LogP contribution in [0.25, 0.3) is 0 Å². The summed E-state index contributed by atoms with van der Waals surface area (Å²) in [7, 11) is -3.92. The lowest BCUT2D eigenvalue weighted by molar-refractivity contribution is -0.141. The molecule has 12 heteroatoms. The van der Waals surface area contributed by atoms with Crippen molar-refractivity contribution in [3.05, 3.63) is 29.8 Å². The second-order valence-electron chi connectivity index (χ2n) is 8.00. The van der Waals surface area contributed by atoms with Gasteiger partial charge in [-0.25, -0.2) is 18.0 Å². The van der Waals surface area contributed by atoms with Gasteiger partial charge in [-0.1, -0.05) is 18.9 Å². The van der Waals surface area contributed by atoms with Crippen LogP contribution in [0.1, 0.15) is 43.0 Å². The number of hydrogen-bond acceptors (Lipinski definition) is 7. The molecule has 3 N–H and O–H groups in total. The molecule has 1 heterocycles. The summed E-state index contributed by atoms with van der Waals surface area (Å²) in [5.74, 6) is 0.182. The van der Waals surface area contributed by atoms with Crippen molar-refractivity contribution in [2.45, 2.75) is 43.0 Å². The second kappa shape index (κ2) is 9.60. The quantitative estimate of drug-likeness (QED) is 0.291. The average Bonchev–Trinajstić information content (AvgIpc) is 3.02. The molecule has 1 aromatic rings. The average molecular weight is 477 g/mol. The number of sulfonamides is 1. The van der Waals surface area contributed by atoms with Crippen molar-refractivity contribution in [1.29, 1.82) is 0 Å². The summed E-state index contributed by atoms with van der Waals surface area (Å²) in [5, 5.41) is 3.27. The predicted molar refractivity (Wildman–Crippen MR) is 115 cm³/mol. The highest BCUT2D eigenvalue weighted by Gasteiger charge is 2.52. The maximum atomic E-state index is 12.7. The van der Waals surface area contributed by atoms with Crippen LogP contribution in [-0.2, 0) is 24.3 Å². The van der Waals surface area contributed by atoms with E-state index >= 15 is 0 Å². The Bertz CT molecular complexity index is 1120. The van der Waals surface area contributed by atoms with E-state index in [0.717, 1.165) is 18.9 Å². The van der Waals surface area contributed by atoms with Gasteiger partial charge in [-0.2, -0.15) is 9.73 Å². The van der Waals surface area contributed by atoms with Gasteiger partial charge in [0, 0.05) is 0 Å². The van der Waals surface area contributed by atoms with Crippen molar-refractivity contribution in [3.63, 3.8) is 0 Å². The Balaban J connectivity index is 1.58. The normalized spacial score (nSPS) is 22.5. The fraction of sp³-hybridized carbons (Fsp3) is 0.429. The predicted octanol–water partition coefficient (Wildman–Crippen LogP) is 0.287. The van der Waals surface area contributed by atoms with E-state index in [2.05, 4.69) is 28.3 Å². The number of nitrogens with one attached hydrogen (secondary N) is 3. The molecule has 0 bridgehead atoms. The van der Waals surface area contributed by atoms with Gasteiger partial charge in [0.15, 0.2) is 6.61 Å². The minimum Gasteiger partial charge on any atom is -0.452 e. The van der Waals surface area contributed by atoms with Gasteiger partial charge in [0.25, 0.3) is 11.8 Å². The third-order valence-electron chi connectivity index (χ3n) is 5.60. The van der Waals surface area contributed by atoms with Gasteiger partial charge >= 0.3 is 12.0 Å². The first-order valence-corrected chi connectivity index (χ1v) is 11.7. The van der Waals surface area contributed by atoms with E-state index < -0.39 is 46.0 Å². The summed E-state index contributed by atoms with van der Waals surface area (Å²) in [6, 6.07) is 4.24. The molecule has 2 aliphatic rings. The zero-order valence-corrected chi connectivity index (χ0v) is 18.7. The molecule has 3 rings (SSSR count). The van der Waals surface area contributed by atoms with E-state index in [1.165, 1.54) is 18.2 Å². The number of imide groups is 1. The maximum absolute atomic E-state index is 12.7. The second-order valence-corrected chi connectivity index (χ2v) is 9.77. The number of ether oxygens (including phenoxy) is 1. The Morgan fingerprint density at radius 2 is 2.00 bits per heavy atom. The zero-order valence-electron chi connectivity index (χ0n) is 17.9. The summed E-state index contributed by atoms with van der Waals surface area (Å²) in [4.78, 5) is 49.3. The van der Waals surface area contributed by atoms with Crippen LogP contribution >= 0.6 is 0 Å². The summed E-state index contributed by atoms with van der Waals surface area (Å²) < 4.78 is 31.3. The maximum Gasteiger partial charge on any atom is 0.344 e. The Morgan fingerprint density at radius 3 is 2.67 bits per heavy atom. The minimum atomic E-state index is -3.92. The Labute approximate surface area is 191 Å². The molecule has 1 saturated carbocycles. The van der Waals surface area contributed by atoms with Crippen molar-refractivity contribution in [1.82, 2.24) is 20.5 Å². The van der Waals surface area contributed by atoms with Crippen LogP contribution in [0.4, 0.5) is 4.79 Å². The van der Waals surface area contributed by atoms with E-state index in [1.54, 1.807) is 0 Å². The first-order valence-electron chi connectivity index (χ1n) is 10.2. The molecule has 4 amide bonds. The topological polar surface area (TPSA) is 151 Å². The monoisotopic (exact) mass is 476 g/mol. The molecule has 0 atom stereocenters. The number of rotatable bonds is 7. The number of benzene rings is 1. The molecule has 0 radical (unpaired) electrons. The van der Waals surface area contributed by atoms with Crippen molar-refractivity contribution < 1.29 is 32.3 Å². The molecular weight excluding hydrogens is 452 g/mol. The molecule has 1 aliphatic carbocycles. The largest absolute Gasteiger partial charge is 0.452 e. The number of amides is 4. The van der Waals surface area contributed by atoms with Gasteiger partial charge < -0.3 is 10.1 Å². The van der Waals surface area contributed by atoms with Crippen LogP contribution in [0.3, 0.4) is 0 Å². The minimum absolute atomic E-state index is 0.114. The van der Waals surface area contributed by atoms with Crippen LogP contribution in [0.5, 0.6) is 0 Å². The van der Waals surface area contributed by atoms with Crippen LogP contribution in [0, 0.1) is 18.3 Å². The van der Waals surface area contributed by atoms with Crippen molar-refractivity contribution in [2.75, 3.05) is 13.2 Å². The molecule has 2 fully saturated rings. The third-order valence-corrected chi connectivity index (χ3v) is 7.00. The number of nitrogens with zero attached hydrogens (tertiary/aromatic N) is 1. The van der Waals surface area contributed by atoms with Crippen LogP contribution in [0.2, 0.25) is 0 Å². The summed E-state index contributed by atoms with van der Waals surface area (Å²) in [5.41, 5.74) is 1.02. The molecule has 1 saturated heterocycles. The molecule has 1 aliphatic heterocycles. The Kier molecular flexibility index (Phi) is 7.04. The number of esters is 1. The van der Waals surface area contributed by atoms with Gasteiger partial charge in [0.2, 0.25) is 10.0 Å².